The van der Waals surface area contributed by atoms with Gasteiger partial charge in [0.1, 0.15) is 6.20 Å². The molecule has 2 aromatic heterocycles. The van der Waals surface area contributed by atoms with Gasteiger partial charge in [0.15, 0.2) is 11.4 Å². The van der Waals surface area contributed by atoms with Gasteiger partial charge in [0, 0.05) is 18.0 Å². The van der Waals surface area contributed by atoms with Gasteiger partial charge >= 0.3 is 5.69 Å². The van der Waals surface area contributed by atoms with Crippen molar-refractivity contribution in [2.24, 2.45) is 0 Å². The lowest BCUT2D eigenvalue weighted by molar-refractivity contribution is -0.384. The standard InChI is InChI=1S/C14H10N4O3/c19-18(20)13-10-16-17(21-12-6-2-1-3-7-12)14(13)11-5-4-8-15-9-11/h1-10H. The Morgan fingerprint density at radius 2 is 1.90 bits per heavy atom. The molecule has 0 bridgehead atoms. The maximum Gasteiger partial charge on any atom is 0.318 e. The number of rotatable bonds is 4. The van der Waals surface area contributed by atoms with Gasteiger partial charge in [-0.1, -0.05) is 23.0 Å². The van der Waals surface area contributed by atoms with Crippen LogP contribution in [-0.4, -0.2) is 19.9 Å². The van der Waals surface area contributed by atoms with Gasteiger partial charge in [-0.15, -0.1) is 5.10 Å². The molecule has 0 spiro atoms. The molecule has 7 nitrogen and oxygen atoms in total. The molecule has 2 heterocycles. The number of nitro groups is 1. The molecular weight excluding hydrogens is 272 g/mol. The molecule has 21 heavy (non-hydrogen) atoms. The van der Waals surface area contributed by atoms with Gasteiger partial charge in [0.25, 0.3) is 0 Å². The molecule has 3 rings (SSSR count). The number of nitrogens with zero attached hydrogens (tertiary/aromatic N) is 4. The first-order valence-electron chi connectivity index (χ1n) is 6.12. The average Bonchev–Trinajstić information content (AvgIpc) is 2.93. The van der Waals surface area contributed by atoms with Crippen LogP contribution in [-0.2, 0) is 0 Å². The third-order valence-corrected chi connectivity index (χ3v) is 2.79. The first-order chi connectivity index (χ1) is 10.3. The van der Waals surface area contributed by atoms with Crippen LogP contribution in [0, 0.1) is 10.1 Å². The van der Waals surface area contributed by atoms with E-state index in [0.717, 1.165) is 11.0 Å². The summed E-state index contributed by atoms with van der Waals surface area (Å²) in [4.78, 5) is 21.3. The molecule has 0 atom stereocenters. The number of para-hydroxylation sites is 1. The van der Waals surface area contributed by atoms with Crippen LogP contribution in [0.2, 0.25) is 0 Å². The summed E-state index contributed by atoms with van der Waals surface area (Å²) in [6, 6.07) is 12.3. The van der Waals surface area contributed by atoms with Gasteiger partial charge in [-0.2, -0.15) is 0 Å². The van der Waals surface area contributed by atoms with E-state index in [1.165, 1.54) is 6.20 Å². The summed E-state index contributed by atoms with van der Waals surface area (Å²) in [5.74, 6) is 0.528. The van der Waals surface area contributed by atoms with Crippen molar-refractivity contribution in [1.82, 2.24) is 14.9 Å². The van der Waals surface area contributed by atoms with Crippen molar-refractivity contribution in [2.75, 3.05) is 0 Å². The normalized spacial score (nSPS) is 10.3. The van der Waals surface area contributed by atoms with E-state index in [9.17, 15) is 10.1 Å². The van der Waals surface area contributed by atoms with Crippen molar-refractivity contribution >= 4 is 5.69 Å². The van der Waals surface area contributed by atoms with Crippen LogP contribution >= 0.6 is 0 Å². The predicted molar refractivity (Wildman–Crippen MR) is 74.6 cm³/mol. The summed E-state index contributed by atoms with van der Waals surface area (Å²) in [6.07, 6.45) is 4.27. The van der Waals surface area contributed by atoms with Crippen LogP contribution in [0.5, 0.6) is 5.75 Å². The second-order valence-electron chi connectivity index (χ2n) is 4.15. The van der Waals surface area contributed by atoms with Gasteiger partial charge in [-0.25, -0.2) is 0 Å². The Kier molecular flexibility index (Phi) is 3.30. The largest absolute Gasteiger partial charge is 0.357 e. The quantitative estimate of drug-likeness (QED) is 0.542. The van der Waals surface area contributed by atoms with Crippen molar-refractivity contribution in [2.45, 2.75) is 0 Å². The third kappa shape index (κ3) is 2.57. The van der Waals surface area contributed by atoms with E-state index in [2.05, 4.69) is 10.1 Å². The molecule has 3 aromatic rings. The Bertz CT molecular complexity index is 756. The minimum Gasteiger partial charge on any atom is -0.357 e. The lowest BCUT2D eigenvalue weighted by Crippen LogP contribution is -2.09. The molecule has 0 fully saturated rings. The highest BCUT2D eigenvalue weighted by molar-refractivity contribution is 5.68. The van der Waals surface area contributed by atoms with Gasteiger partial charge in [0.05, 0.1) is 4.92 Å². The van der Waals surface area contributed by atoms with E-state index in [1.54, 1.807) is 42.6 Å². The molecular formula is C14H10N4O3. The number of hydrogen-bond acceptors (Lipinski definition) is 5. The number of pyridine rings is 1. The average molecular weight is 282 g/mol. The fourth-order valence-corrected chi connectivity index (χ4v) is 1.87. The molecule has 0 N–H and O–H groups in total. The van der Waals surface area contributed by atoms with Gasteiger partial charge in [-0.05, 0) is 24.3 Å². The second-order valence-corrected chi connectivity index (χ2v) is 4.15. The highest BCUT2D eigenvalue weighted by Gasteiger charge is 2.23. The molecule has 0 amide bonds. The highest BCUT2D eigenvalue weighted by atomic mass is 16.7. The summed E-state index contributed by atoms with van der Waals surface area (Å²) in [5.41, 5.74) is 0.661. The van der Waals surface area contributed by atoms with Gasteiger partial charge < -0.3 is 4.84 Å². The van der Waals surface area contributed by atoms with Crippen molar-refractivity contribution in [3.63, 3.8) is 0 Å². The molecule has 7 heteroatoms. The summed E-state index contributed by atoms with van der Waals surface area (Å²) >= 11 is 0. The molecule has 0 saturated carbocycles. The van der Waals surface area contributed by atoms with Gasteiger partial charge in [-0.3, -0.25) is 15.1 Å². The summed E-state index contributed by atoms with van der Waals surface area (Å²) in [7, 11) is 0. The maximum atomic E-state index is 11.1. The number of aromatic nitrogens is 3. The summed E-state index contributed by atoms with van der Waals surface area (Å²) in [5, 5.41) is 15.1. The van der Waals surface area contributed by atoms with Crippen LogP contribution in [0.3, 0.4) is 0 Å². The first kappa shape index (κ1) is 12.8. The van der Waals surface area contributed by atoms with Gasteiger partial charge in [0.2, 0.25) is 0 Å². The minimum absolute atomic E-state index is 0.140. The lowest BCUT2D eigenvalue weighted by atomic mass is 10.2. The van der Waals surface area contributed by atoms with Crippen LogP contribution < -0.4 is 4.84 Å². The Balaban J connectivity index is 2.07. The van der Waals surface area contributed by atoms with E-state index in [1.807, 2.05) is 6.07 Å². The van der Waals surface area contributed by atoms with E-state index < -0.39 is 4.92 Å². The first-order valence-corrected chi connectivity index (χ1v) is 6.12. The molecule has 0 aliphatic carbocycles. The molecule has 0 aliphatic rings. The molecule has 104 valence electrons. The smallest absolute Gasteiger partial charge is 0.318 e. The van der Waals surface area contributed by atoms with Crippen molar-refractivity contribution in [3.8, 4) is 17.0 Å². The van der Waals surface area contributed by atoms with E-state index in [0.29, 0.717) is 11.3 Å². The third-order valence-electron chi connectivity index (χ3n) is 2.79. The highest BCUT2D eigenvalue weighted by Crippen LogP contribution is 2.29. The van der Waals surface area contributed by atoms with E-state index in [-0.39, 0.29) is 11.4 Å². The lowest BCUT2D eigenvalue weighted by Gasteiger charge is -2.07. The molecule has 0 radical (unpaired) electrons. The van der Waals surface area contributed by atoms with Crippen molar-refractivity contribution in [1.29, 1.82) is 0 Å². The topological polar surface area (TPSA) is 83.1 Å². The minimum atomic E-state index is -0.500. The fraction of sp³-hybridized carbons (Fsp3) is 0. The zero-order chi connectivity index (χ0) is 14.7. The van der Waals surface area contributed by atoms with Crippen LogP contribution in [0.1, 0.15) is 0 Å². The zero-order valence-corrected chi connectivity index (χ0v) is 10.8. The molecule has 1 aromatic carbocycles. The Hall–Kier alpha value is -3.22. The van der Waals surface area contributed by atoms with Crippen LogP contribution in [0.25, 0.3) is 11.3 Å². The molecule has 0 saturated heterocycles. The van der Waals surface area contributed by atoms with E-state index in [4.69, 9.17) is 4.84 Å². The maximum absolute atomic E-state index is 11.1. The zero-order valence-electron chi connectivity index (χ0n) is 10.8. The fourth-order valence-electron chi connectivity index (χ4n) is 1.87. The van der Waals surface area contributed by atoms with Crippen LogP contribution in [0.15, 0.2) is 61.1 Å². The number of benzene rings is 1. The van der Waals surface area contributed by atoms with Crippen molar-refractivity contribution in [3.05, 3.63) is 71.2 Å². The Morgan fingerprint density at radius 1 is 1.10 bits per heavy atom. The van der Waals surface area contributed by atoms with Crippen molar-refractivity contribution < 1.29 is 9.76 Å². The van der Waals surface area contributed by atoms with Crippen LogP contribution in [0.4, 0.5) is 5.69 Å². The summed E-state index contributed by atoms with van der Waals surface area (Å²) < 4.78 is 0. The Morgan fingerprint density at radius 3 is 2.57 bits per heavy atom. The molecule has 0 unspecified atom stereocenters. The van der Waals surface area contributed by atoms with E-state index >= 15 is 0 Å². The summed E-state index contributed by atoms with van der Waals surface area (Å²) in [6.45, 7) is 0. The number of hydrogen-bond donors (Lipinski definition) is 0. The second kappa shape index (κ2) is 5.41. The SMILES string of the molecule is O=[N+]([O-])c1cnn(Oc2ccccc2)c1-c1cccnc1. The predicted octanol–water partition coefficient (Wildman–Crippen LogP) is 2.70. The Labute approximate surface area is 119 Å². The molecule has 0 aliphatic heterocycles. The monoisotopic (exact) mass is 282 g/mol.